The van der Waals surface area contributed by atoms with Crippen LogP contribution in [-0.2, 0) is 16.0 Å². The van der Waals surface area contributed by atoms with Gasteiger partial charge in [-0.2, -0.15) is 0 Å². The van der Waals surface area contributed by atoms with Gasteiger partial charge in [-0.15, -0.1) is 11.3 Å². The average Bonchev–Trinajstić information content (AvgIpc) is 2.47. The molecule has 0 saturated heterocycles. The van der Waals surface area contributed by atoms with Crippen LogP contribution in [0, 0.1) is 6.92 Å². The van der Waals surface area contributed by atoms with Crippen molar-refractivity contribution in [3.8, 4) is 0 Å². The highest BCUT2D eigenvalue weighted by Gasteiger charge is 2.09. The molecule has 0 aliphatic heterocycles. The molecule has 1 heterocycles. The van der Waals surface area contributed by atoms with Crippen molar-refractivity contribution in [2.24, 2.45) is 5.73 Å². The lowest BCUT2D eigenvalue weighted by molar-refractivity contribution is -0.117. The predicted molar refractivity (Wildman–Crippen MR) is 62.3 cm³/mol. The van der Waals surface area contributed by atoms with Gasteiger partial charge >= 0.3 is 0 Å². The van der Waals surface area contributed by atoms with E-state index in [2.05, 4.69) is 4.98 Å². The number of carbonyl (C=O) groups is 1. The van der Waals surface area contributed by atoms with Gasteiger partial charge in [0.25, 0.3) is 0 Å². The van der Waals surface area contributed by atoms with E-state index in [0.29, 0.717) is 6.61 Å². The number of thioether (sulfide) groups is 1. The molecule has 0 fully saturated rings. The molecule has 6 heteroatoms. The van der Waals surface area contributed by atoms with E-state index >= 15 is 0 Å². The molecule has 0 aromatic carbocycles. The molecule has 84 valence electrons. The number of carbonyl (C=O) groups excluding carboxylic acids is 1. The van der Waals surface area contributed by atoms with Crippen molar-refractivity contribution >= 4 is 29.0 Å². The molecule has 2 N–H and O–H groups in total. The predicted octanol–water partition coefficient (Wildman–Crippen LogP) is 1.22. The molecule has 0 aliphatic rings. The third kappa shape index (κ3) is 4.19. The molecule has 1 aromatic heterocycles. The number of ether oxygens (including phenoxy) is 1. The monoisotopic (exact) mass is 246 g/mol. The van der Waals surface area contributed by atoms with Crippen molar-refractivity contribution in [2.75, 3.05) is 19.5 Å². The van der Waals surface area contributed by atoms with Gasteiger partial charge in [0.1, 0.15) is 4.34 Å². The fraction of sp³-hybridized carbons (Fsp3) is 0.556. The van der Waals surface area contributed by atoms with Crippen molar-refractivity contribution in [1.29, 1.82) is 0 Å². The summed E-state index contributed by atoms with van der Waals surface area (Å²) in [6, 6.07) is 0. The second kappa shape index (κ2) is 6.09. The van der Waals surface area contributed by atoms with Gasteiger partial charge in [-0.3, -0.25) is 4.79 Å². The van der Waals surface area contributed by atoms with Crippen molar-refractivity contribution in [3.63, 3.8) is 0 Å². The van der Waals surface area contributed by atoms with Crippen LogP contribution >= 0.6 is 23.1 Å². The zero-order valence-electron chi connectivity index (χ0n) is 8.78. The molecule has 1 aromatic rings. The summed E-state index contributed by atoms with van der Waals surface area (Å²) in [5.41, 5.74) is 6.04. The summed E-state index contributed by atoms with van der Waals surface area (Å²) >= 11 is 3.17. The van der Waals surface area contributed by atoms with Crippen LogP contribution in [0.3, 0.4) is 0 Å². The minimum Gasteiger partial charge on any atom is -0.384 e. The molecule has 0 atom stereocenters. The smallest absolute Gasteiger partial charge is 0.222 e. The minimum absolute atomic E-state index is 0.286. The van der Waals surface area contributed by atoms with E-state index in [0.717, 1.165) is 20.7 Å². The first kappa shape index (κ1) is 12.5. The first-order valence-corrected chi connectivity index (χ1v) is 6.30. The van der Waals surface area contributed by atoms with E-state index in [-0.39, 0.29) is 12.3 Å². The Hall–Kier alpha value is -0.590. The summed E-state index contributed by atoms with van der Waals surface area (Å²) < 4.78 is 5.92. The molecule has 15 heavy (non-hydrogen) atoms. The van der Waals surface area contributed by atoms with Crippen LogP contribution in [0.25, 0.3) is 0 Å². The van der Waals surface area contributed by atoms with Crippen LogP contribution in [0.4, 0.5) is 0 Å². The Morgan fingerprint density at radius 2 is 2.40 bits per heavy atom. The third-order valence-electron chi connectivity index (χ3n) is 1.72. The van der Waals surface area contributed by atoms with E-state index in [1.807, 2.05) is 6.92 Å². The van der Waals surface area contributed by atoms with Crippen molar-refractivity contribution in [1.82, 2.24) is 4.98 Å². The highest BCUT2D eigenvalue weighted by atomic mass is 32.2. The van der Waals surface area contributed by atoms with Gasteiger partial charge in [-0.05, 0) is 6.92 Å². The maximum Gasteiger partial charge on any atom is 0.222 e. The van der Waals surface area contributed by atoms with Crippen LogP contribution in [0.1, 0.15) is 10.6 Å². The summed E-state index contributed by atoms with van der Waals surface area (Å²) in [6.45, 7) is 2.60. The quantitative estimate of drug-likeness (QED) is 0.605. The fourth-order valence-corrected chi connectivity index (χ4v) is 3.21. The van der Waals surface area contributed by atoms with Gasteiger partial charge in [-0.1, -0.05) is 11.8 Å². The van der Waals surface area contributed by atoms with Crippen LogP contribution in [0.5, 0.6) is 0 Å². The molecule has 0 bridgehead atoms. The number of amides is 1. The summed E-state index contributed by atoms with van der Waals surface area (Å²) in [4.78, 5) is 16.1. The summed E-state index contributed by atoms with van der Waals surface area (Å²) in [5, 5.41) is 0. The molecule has 0 spiro atoms. The summed E-state index contributed by atoms with van der Waals surface area (Å²) in [5.74, 6) is 0.564. The Morgan fingerprint density at radius 3 is 3.00 bits per heavy atom. The molecular formula is C9H14N2O2S2. The zero-order chi connectivity index (χ0) is 11.3. The summed E-state index contributed by atoms with van der Waals surface area (Å²) in [6.07, 6.45) is 0.286. The van der Waals surface area contributed by atoms with Crippen molar-refractivity contribution < 1.29 is 9.53 Å². The number of thiazole rings is 1. The van der Waals surface area contributed by atoms with Crippen molar-refractivity contribution in [2.45, 2.75) is 17.7 Å². The number of nitrogens with two attached hydrogens (primary N) is 1. The van der Waals surface area contributed by atoms with E-state index in [1.165, 1.54) is 11.3 Å². The largest absolute Gasteiger partial charge is 0.384 e. The Bertz CT molecular complexity index is 339. The molecule has 1 amide bonds. The van der Waals surface area contributed by atoms with Gasteiger partial charge in [-0.25, -0.2) is 4.98 Å². The Morgan fingerprint density at radius 1 is 1.67 bits per heavy atom. The van der Waals surface area contributed by atoms with Gasteiger partial charge in [0.05, 0.1) is 18.7 Å². The molecule has 1 rings (SSSR count). The highest BCUT2D eigenvalue weighted by molar-refractivity contribution is 8.01. The number of rotatable bonds is 6. The van der Waals surface area contributed by atoms with E-state index in [1.54, 1.807) is 18.9 Å². The fourth-order valence-electron chi connectivity index (χ4n) is 0.998. The standard InChI is InChI=1S/C9H14N2O2S2/c1-6-7(5-8(10)12)15-9(11-6)14-4-3-13-2/h3-5H2,1-2H3,(H2,10,12). The van der Waals surface area contributed by atoms with Crippen molar-refractivity contribution in [3.05, 3.63) is 10.6 Å². The van der Waals surface area contributed by atoms with Gasteiger partial charge in [0.15, 0.2) is 0 Å². The first-order chi connectivity index (χ1) is 7.13. The Balaban J connectivity index is 2.56. The lowest BCUT2D eigenvalue weighted by Gasteiger charge is -1.94. The molecule has 0 aliphatic carbocycles. The van der Waals surface area contributed by atoms with Crippen LogP contribution in [-0.4, -0.2) is 30.4 Å². The van der Waals surface area contributed by atoms with Gasteiger partial charge < -0.3 is 10.5 Å². The normalized spacial score (nSPS) is 10.5. The lowest BCUT2D eigenvalue weighted by Crippen LogP contribution is -2.13. The minimum atomic E-state index is -0.310. The van der Waals surface area contributed by atoms with Crippen LogP contribution in [0.15, 0.2) is 4.34 Å². The Kier molecular flexibility index (Phi) is 5.07. The van der Waals surface area contributed by atoms with Crippen LogP contribution < -0.4 is 5.73 Å². The summed E-state index contributed by atoms with van der Waals surface area (Å²) in [7, 11) is 1.67. The number of aryl methyl sites for hydroxylation is 1. The molecule has 0 saturated carbocycles. The second-order valence-electron chi connectivity index (χ2n) is 2.97. The zero-order valence-corrected chi connectivity index (χ0v) is 10.4. The molecular weight excluding hydrogens is 232 g/mol. The van der Waals surface area contributed by atoms with E-state index in [4.69, 9.17) is 10.5 Å². The number of aromatic nitrogens is 1. The first-order valence-electron chi connectivity index (χ1n) is 4.50. The number of primary amides is 1. The molecule has 0 unspecified atom stereocenters. The highest BCUT2D eigenvalue weighted by Crippen LogP contribution is 2.27. The van der Waals surface area contributed by atoms with E-state index < -0.39 is 0 Å². The van der Waals surface area contributed by atoms with Gasteiger partial charge in [0.2, 0.25) is 5.91 Å². The number of hydrogen-bond donors (Lipinski definition) is 1. The third-order valence-corrected chi connectivity index (χ3v) is 3.99. The lowest BCUT2D eigenvalue weighted by atomic mass is 10.3. The topological polar surface area (TPSA) is 65.2 Å². The van der Waals surface area contributed by atoms with Crippen LogP contribution in [0.2, 0.25) is 0 Å². The average molecular weight is 246 g/mol. The van der Waals surface area contributed by atoms with Gasteiger partial charge in [0, 0.05) is 17.7 Å². The number of hydrogen-bond acceptors (Lipinski definition) is 5. The SMILES string of the molecule is COCCSc1nc(C)c(CC(N)=O)s1. The Labute approximate surface area is 97.2 Å². The number of nitrogens with zero attached hydrogens (tertiary/aromatic N) is 1. The van der Waals surface area contributed by atoms with E-state index in [9.17, 15) is 4.79 Å². The maximum absolute atomic E-state index is 10.8. The second-order valence-corrected chi connectivity index (χ2v) is 5.40. The number of methoxy groups -OCH3 is 1. The molecule has 0 radical (unpaired) electrons. The molecule has 4 nitrogen and oxygen atoms in total. The maximum atomic E-state index is 10.8.